The molecule has 0 spiro atoms. The number of likely N-dealkylation sites (tertiary alicyclic amines) is 1. The summed E-state index contributed by atoms with van der Waals surface area (Å²) in [5.41, 5.74) is 1.16. The maximum absolute atomic E-state index is 12.2. The molecule has 1 aliphatic rings. The Morgan fingerprint density at radius 1 is 1.32 bits per heavy atom. The van der Waals surface area contributed by atoms with Crippen LogP contribution in [0.3, 0.4) is 0 Å². The first-order valence-corrected chi connectivity index (χ1v) is 7.76. The predicted molar refractivity (Wildman–Crippen MR) is 84.7 cm³/mol. The number of hydrogen-bond donors (Lipinski definition) is 1. The molecular formula is C17H24N2O3. The number of methoxy groups -OCH3 is 1. The zero-order valence-corrected chi connectivity index (χ0v) is 13.3. The maximum atomic E-state index is 12.2. The molecular weight excluding hydrogens is 280 g/mol. The lowest BCUT2D eigenvalue weighted by Crippen LogP contribution is -2.45. The number of ether oxygens (including phenoxy) is 1. The zero-order chi connectivity index (χ0) is 15.9. The summed E-state index contributed by atoms with van der Waals surface area (Å²) in [6.45, 7) is 3.49. The Hall–Kier alpha value is -2.04. The van der Waals surface area contributed by atoms with Crippen molar-refractivity contribution in [1.29, 1.82) is 0 Å². The van der Waals surface area contributed by atoms with Crippen molar-refractivity contribution in [3.8, 4) is 5.75 Å². The summed E-state index contributed by atoms with van der Waals surface area (Å²) in [5.74, 6) is 0.864. The van der Waals surface area contributed by atoms with Crippen molar-refractivity contribution in [3.63, 3.8) is 0 Å². The molecule has 1 aromatic rings. The van der Waals surface area contributed by atoms with Crippen molar-refractivity contribution in [2.75, 3.05) is 26.7 Å². The third kappa shape index (κ3) is 4.48. The second-order valence-corrected chi connectivity index (χ2v) is 5.69. The molecule has 1 aliphatic heterocycles. The van der Waals surface area contributed by atoms with E-state index in [-0.39, 0.29) is 17.7 Å². The molecule has 1 aromatic carbocycles. The van der Waals surface area contributed by atoms with Crippen LogP contribution in [-0.2, 0) is 16.0 Å². The Balaban J connectivity index is 1.76. The number of hydrogen-bond acceptors (Lipinski definition) is 3. The van der Waals surface area contributed by atoms with E-state index in [9.17, 15) is 9.59 Å². The topological polar surface area (TPSA) is 58.6 Å². The molecule has 1 heterocycles. The molecule has 5 heteroatoms. The van der Waals surface area contributed by atoms with Gasteiger partial charge < -0.3 is 15.0 Å². The molecule has 1 saturated heterocycles. The van der Waals surface area contributed by atoms with E-state index in [0.29, 0.717) is 13.1 Å². The Bertz CT molecular complexity index is 513. The van der Waals surface area contributed by atoms with Gasteiger partial charge in [-0.1, -0.05) is 12.1 Å². The molecule has 22 heavy (non-hydrogen) atoms. The third-order valence-electron chi connectivity index (χ3n) is 4.11. The van der Waals surface area contributed by atoms with Gasteiger partial charge in [-0.2, -0.15) is 0 Å². The van der Waals surface area contributed by atoms with Gasteiger partial charge >= 0.3 is 0 Å². The van der Waals surface area contributed by atoms with Crippen molar-refractivity contribution < 1.29 is 14.3 Å². The highest BCUT2D eigenvalue weighted by molar-refractivity contribution is 5.80. The van der Waals surface area contributed by atoms with Crippen LogP contribution in [0.5, 0.6) is 5.75 Å². The molecule has 0 aliphatic carbocycles. The summed E-state index contributed by atoms with van der Waals surface area (Å²) < 4.78 is 5.12. The van der Waals surface area contributed by atoms with Crippen LogP contribution in [0.15, 0.2) is 24.3 Å². The SMILES string of the molecule is COc1ccc(CCNC(=O)C2CCCN(C(C)=O)C2)cc1. The fraction of sp³-hybridized carbons (Fsp3) is 0.529. The first-order valence-electron chi connectivity index (χ1n) is 7.76. The zero-order valence-electron chi connectivity index (χ0n) is 13.3. The van der Waals surface area contributed by atoms with Crippen molar-refractivity contribution in [2.24, 2.45) is 5.92 Å². The minimum absolute atomic E-state index is 0.0516. The minimum Gasteiger partial charge on any atom is -0.497 e. The summed E-state index contributed by atoms with van der Waals surface area (Å²) >= 11 is 0. The van der Waals surface area contributed by atoms with Gasteiger partial charge in [0.05, 0.1) is 13.0 Å². The number of carbonyl (C=O) groups is 2. The molecule has 1 unspecified atom stereocenters. The number of nitrogens with zero attached hydrogens (tertiary/aromatic N) is 1. The lowest BCUT2D eigenvalue weighted by atomic mass is 9.97. The molecule has 120 valence electrons. The van der Waals surface area contributed by atoms with E-state index in [4.69, 9.17) is 4.74 Å². The first-order chi connectivity index (χ1) is 10.6. The monoisotopic (exact) mass is 304 g/mol. The highest BCUT2D eigenvalue weighted by atomic mass is 16.5. The number of piperidine rings is 1. The van der Waals surface area contributed by atoms with E-state index < -0.39 is 0 Å². The fourth-order valence-electron chi connectivity index (χ4n) is 2.74. The summed E-state index contributed by atoms with van der Waals surface area (Å²) in [5, 5.41) is 2.98. The normalized spacial score (nSPS) is 17.9. The molecule has 1 N–H and O–H groups in total. The molecule has 1 atom stereocenters. The maximum Gasteiger partial charge on any atom is 0.224 e. The number of benzene rings is 1. The van der Waals surface area contributed by atoms with Gasteiger partial charge in [0.2, 0.25) is 11.8 Å². The van der Waals surface area contributed by atoms with Crippen molar-refractivity contribution in [3.05, 3.63) is 29.8 Å². The van der Waals surface area contributed by atoms with E-state index in [1.54, 1.807) is 18.9 Å². The summed E-state index contributed by atoms with van der Waals surface area (Å²) in [7, 11) is 1.64. The van der Waals surface area contributed by atoms with Crippen LogP contribution in [0.4, 0.5) is 0 Å². The van der Waals surface area contributed by atoms with E-state index >= 15 is 0 Å². The summed E-state index contributed by atoms with van der Waals surface area (Å²) in [4.78, 5) is 25.4. The molecule has 1 fully saturated rings. The Morgan fingerprint density at radius 3 is 2.68 bits per heavy atom. The van der Waals surface area contributed by atoms with Crippen LogP contribution in [0.25, 0.3) is 0 Å². The largest absolute Gasteiger partial charge is 0.497 e. The quantitative estimate of drug-likeness (QED) is 0.899. The van der Waals surface area contributed by atoms with E-state index in [1.165, 1.54) is 0 Å². The highest BCUT2D eigenvalue weighted by Crippen LogP contribution is 2.17. The summed E-state index contributed by atoms with van der Waals surface area (Å²) in [6, 6.07) is 7.85. The van der Waals surface area contributed by atoms with Crippen LogP contribution >= 0.6 is 0 Å². The van der Waals surface area contributed by atoms with Gasteiger partial charge in [0.25, 0.3) is 0 Å². The van der Waals surface area contributed by atoms with Crippen LogP contribution in [-0.4, -0.2) is 43.5 Å². The fourth-order valence-corrected chi connectivity index (χ4v) is 2.74. The summed E-state index contributed by atoms with van der Waals surface area (Å²) in [6.07, 6.45) is 2.55. The second-order valence-electron chi connectivity index (χ2n) is 5.69. The minimum atomic E-state index is -0.0754. The van der Waals surface area contributed by atoms with Gasteiger partial charge in [0.15, 0.2) is 0 Å². The molecule has 0 aromatic heterocycles. The molecule has 2 rings (SSSR count). The van der Waals surface area contributed by atoms with E-state index in [1.807, 2.05) is 24.3 Å². The van der Waals surface area contributed by atoms with Gasteiger partial charge in [-0.25, -0.2) is 0 Å². The molecule has 5 nitrogen and oxygen atoms in total. The van der Waals surface area contributed by atoms with Crippen molar-refractivity contribution >= 4 is 11.8 Å². The Kier molecular flexibility index (Phi) is 5.81. The van der Waals surface area contributed by atoms with Crippen LogP contribution < -0.4 is 10.1 Å². The van der Waals surface area contributed by atoms with Gasteiger partial charge in [0.1, 0.15) is 5.75 Å². The second kappa shape index (κ2) is 7.82. The average Bonchev–Trinajstić information content (AvgIpc) is 2.55. The van der Waals surface area contributed by atoms with Crippen molar-refractivity contribution in [2.45, 2.75) is 26.2 Å². The molecule has 0 bridgehead atoms. The highest BCUT2D eigenvalue weighted by Gasteiger charge is 2.26. The number of rotatable bonds is 5. The van der Waals surface area contributed by atoms with Crippen LogP contribution in [0, 0.1) is 5.92 Å². The number of amides is 2. The third-order valence-corrected chi connectivity index (χ3v) is 4.11. The predicted octanol–water partition coefficient (Wildman–Crippen LogP) is 1.61. The molecule has 0 saturated carbocycles. The first kappa shape index (κ1) is 16.3. The smallest absolute Gasteiger partial charge is 0.224 e. The van der Waals surface area contributed by atoms with E-state index in [0.717, 1.165) is 37.1 Å². The average molecular weight is 304 g/mol. The number of nitrogens with one attached hydrogen (secondary N) is 1. The van der Waals surface area contributed by atoms with Crippen molar-refractivity contribution in [1.82, 2.24) is 10.2 Å². The van der Waals surface area contributed by atoms with Gasteiger partial charge in [-0.15, -0.1) is 0 Å². The number of carbonyl (C=O) groups excluding carboxylic acids is 2. The van der Waals surface area contributed by atoms with Crippen LogP contribution in [0.1, 0.15) is 25.3 Å². The van der Waals surface area contributed by atoms with Gasteiger partial charge in [0, 0.05) is 26.6 Å². The molecule has 0 radical (unpaired) electrons. The van der Waals surface area contributed by atoms with Crippen LogP contribution in [0.2, 0.25) is 0 Å². The Morgan fingerprint density at radius 2 is 2.05 bits per heavy atom. The Labute approximate surface area is 131 Å². The molecule has 2 amide bonds. The van der Waals surface area contributed by atoms with Gasteiger partial charge in [-0.3, -0.25) is 9.59 Å². The lowest BCUT2D eigenvalue weighted by Gasteiger charge is -2.31. The lowest BCUT2D eigenvalue weighted by molar-refractivity contribution is -0.133. The van der Waals surface area contributed by atoms with Gasteiger partial charge in [-0.05, 0) is 37.0 Å². The van der Waals surface area contributed by atoms with E-state index in [2.05, 4.69) is 5.32 Å². The standard InChI is InChI=1S/C17H24N2O3/c1-13(20)19-11-3-4-15(12-19)17(21)18-10-9-14-5-7-16(22-2)8-6-14/h5-8,15H,3-4,9-12H2,1-2H3,(H,18,21).